The van der Waals surface area contributed by atoms with E-state index >= 15 is 0 Å². The molecule has 0 bridgehead atoms. The molecule has 0 aromatic heterocycles. The van der Waals surface area contributed by atoms with Crippen molar-refractivity contribution in [3.8, 4) is 5.75 Å². The van der Waals surface area contributed by atoms with Gasteiger partial charge in [0.2, 0.25) is 0 Å². The number of ether oxygens (including phenoxy) is 1. The average molecular weight is 335 g/mol. The molecule has 5 heteroatoms. The van der Waals surface area contributed by atoms with E-state index in [1.807, 2.05) is 62.4 Å². The van der Waals surface area contributed by atoms with Crippen molar-refractivity contribution in [2.45, 2.75) is 19.9 Å². The van der Waals surface area contributed by atoms with Crippen LogP contribution in [0.2, 0.25) is 5.02 Å². The van der Waals surface area contributed by atoms with Crippen molar-refractivity contribution in [1.82, 2.24) is 5.32 Å². The number of nitrogens with one attached hydrogen (secondary N) is 2. The third-order valence-electron chi connectivity index (χ3n) is 3.05. The molecule has 1 atom stereocenters. The molecule has 3 nitrogen and oxygen atoms in total. The van der Waals surface area contributed by atoms with E-state index < -0.39 is 0 Å². The Morgan fingerprint density at radius 3 is 2.64 bits per heavy atom. The van der Waals surface area contributed by atoms with E-state index in [4.69, 9.17) is 28.6 Å². The van der Waals surface area contributed by atoms with Gasteiger partial charge in [-0.15, -0.1) is 0 Å². The van der Waals surface area contributed by atoms with Crippen LogP contribution in [0.5, 0.6) is 5.75 Å². The third-order valence-corrected chi connectivity index (χ3v) is 3.68. The van der Waals surface area contributed by atoms with Crippen molar-refractivity contribution in [3.63, 3.8) is 0 Å². The summed E-state index contributed by atoms with van der Waals surface area (Å²) in [5, 5.41) is 7.57. The van der Waals surface area contributed by atoms with Gasteiger partial charge in [-0.05, 0) is 55.9 Å². The van der Waals surface area contributed by atoms with E-state index in [1.54, 1.807) is 0 Å². The molecule has 2 aromatic carbocycles. The van der Waals surface area contributed by atoms with Crippen LogP contribution < -0.4 is 15.4 Å². The topological polar surface area (TPSA) is 33.3 Å². The van der Waals surface area contributed by atoms with Crippen molar-refractivity contribution in [2.75, 3.05) is 11.9 Å². The molecule has 0 aliphatic heterocycles. The number of thiocarbonyl (C=S) groups is 1. The summed E-state index contributed by atoms with van der Waals surface area (Å²) in [6.45, 7) is 4.51. The number of para-hydroxylation sites is 1. The van der Waals surface area contributed by atoms with E-state index in [0.717, 1.165) is 17.0 Å². The Bertz CT molecular complexity index is 634. The Balaban J connectivity index is 1.79. The predicted molar refractivity (Wildman–Crippen MR) is 96.9 cm³/mol. The van der Waals surface area contributed by atoms with Crippen molar-refractivity contribution in [1.29, 1.82) is 0 Å². The number of anilines is 1. The second-order valence-corrected chi connectivity index (χ2v) is 5.90. The van der Waals surface area contributed by atoms with E-state index in [1.165, 1.54) is 0 Å². The van der Waals surface area contributed by atoms with Crippen LogP contribution in [0, 0.1) is 6.92 Å². The van der Waals surface area contributed by atoms with Gasteiger partial charge in [-0.25, -0.2) is 0 Å². The third kappa shape index (κ3) is 5.20. The fourth-order valence-corrected chi connectivity index (χ4v) is 2.34. The highest BCUT2D eigenvalue weighted by Gasteiger charge is 2.06. The highest BCUT2D eigenvalue weighted by molar-refractivity contribution is 7.80. The molecule has 22 heavy (non-hydrogen) atoms. The van der Waals surface area contributed by atoms with Crippen molar-refractivity contribution < 1.29 is 4.74 Å². The van der Waals surface area contributed by atoms with Crippen LogP contribution >= 0.6 is 23.8 Å². The first-order valence-corrected chi connectivity index (χ1v) is 7.85. The van der Waals surface area contributed by atoms with E-state index in [0.29, 0.717) is 16.7 Å². The molecular formula is C17H19ClN2OS. The molecule has 116 valence electrons. The lowest BCUT2D eigenvalue weighted by atomic mass is 10.2. The highest BCUT2D eigenvalue weighted by Crippen LogP contribution is 2.19. The zero-order valence-electron chi connectivity index (χ0n) is 12.6. The summed E-state index contributed by atoms with van der Waals surface area (Å²) in [5.74, 6) is 0.848. The van der Waals surface area contributed by atoms with Crippen LogP contribution in [0.3, 0.4) is 0 Å². The summed E-state index contributed by atoms with van der Waals surface area (Å²) < 4.78 is 5.68. The molecule has 0 saturated carbocycles. The molecule has 0 amide bonds. The minimum atomic E-state index is 0.0844. The highest BCUT2D eigenvalue weighted by atomic mass is 35.5. The smallest absolute Gasteiger partial charge is 0.171 e. The molecule has 0 aliphatic rings. The number of rotatable bonds is 5. The van der Waals surface area contributed by atoms with Crippen molar-refractivity contribution in [2.24, 2.45) is 0 Å². The summed E-state index contributed by atoms with van der Waals surface area (Å²) in [7, 11) is 0. The largest absolute Gasteiger partial charge is 0.491 e. The maximum absolute atomic E-state index is 6.10. The molecule has 0 aliphatic carbocycles. The lowest BCUT2D eigenvalue weighted by Gasteiger charge is -2.18. The van der Waals surface area contributed by atoms with Gasteiger partial charge in [0.15, 0.2) is 5.11 Å². The standard InChI is InChI=1S/C17H19ClN2OS/c1-12-8-9-14(10-16(12)18)20-17(22)19-13(2)11-21-15-6-4-3-5-7-15/h3-10,13H,11H2,1-2H3,(H2,19,20,22)/t13-/m0/s1. The van der Waals surface area contributed by atoms with Crippen LogP contribution in [0.15, 0.2) is 48.5 Å². The molecular weight excluding hydrogens is 316 g/mol. The Labute approximate surface area is 141 Å². The first-order chi connectivity index (χ1) is 10.5. The Hall–Kier alpha value is -1.78. The lowest BCUT2D eigenvalue weighted by molar-refractivity contribution is 0.287. The van der Waals surface area contributed by atoms with Gasteiger partial charge in [0, 0.05) is 10.7 Å². The molecule has 0 radical (unpaired) electrons. The summed E-state index contributed by atoms with van der Waals surface area (Å²) in [4.78, 5) is 0. The van der Waals surface area contributed by atoms with E-state index in [-0.39, 0.29) is 6.04 Å². The number of hydrogen-bond donors (Lipinski definition) is 2. The second kappa shape index (κ2) is 8.01. The zero-order valence-corrected chi connectivity index (χ0v) is 14.2. The summed E-state index contributed by atoms with van der Waals surface area (Å²) in [6.07, 6.45) is 0. The first-order valence-electron chi connectivity index (χ1n) is 7.06. The number of hydrogen-bond acceptors (Lipinski definition) is 2. The van der Waals surface area contributed by atoms with Crippen molar-refractivity contribution in [3.05, 3.63) is 59.1 Å². The second-order valence-electron chi connectivity index (χ2n) is 5.09. The minimum Gasteiger partial charge on any atom is -0.491 e. The van der Waals surface area contributed by atoms with Gasteiger partial charge in [-0.1, -0.05) is 35.9 Å². The Morgan fingerprint density at radius 2 is 1.95 bits per heavy atom. The number of halogens is 1. The van der Waals surface area contributed by atoms with Crippen LogP contribution in [-0.2, 0) is 0 Å². The van der Waals surface area contributed by atoms with Gasteiger partial charge < -0.3 is 15.4 Å². The molecule has 2 N–H and O–H groups in total. The number of benzene rings is 2. The van der Waals surface area contributed by atoms with Gasteiger partial charge in [0.25, 0.3) is 0 Å². The van der Waals surface area contributed by atoms with Crippen LogP contribution in [0.1, 0.15) is 12.5 Å². The van der Waals surface area contributed by atoms with Crippen LogP contribution in [0.4, 0.5) is 5.69 Å². The normalized spacial score (nSPS) is 11.6. The molecule has 2 rings (SSSR count). The van der Waals surface area contributed by atoms with E-state index in [9.17, 15) is 0 Å². The quantitative estimate of drug-likeness (QED) is 0.794. The SMILES string of the molecule is Cc1ccc(NC(=S)N[C@@H](C)COc2ccccc2)cc1Cl. The van der Waals surface area contributed by atoms with Gasteiger partial charge >= 0.3 is 0 Å². The molecule has 0 saturated heterocycles. The maximum atomic E-state index is 6.10. The molecule has 0 heterocycles. The maximum Gasteiger partial charge on any atom is 0.171 e. The zero-order chi connectivity index (χ0) is 15.9. The molecule has 0 spiro atoms. The Morgan fingerprint density at radius 1 is 1.23 bits per heavy atom. The van der Waals surface area contributed by atoms with Gasteiger partial charge in [0.1, 0.15) is 12.4 Å². The summed E-state index contributed by atoms with van der Waals surface area (Å²) in [6, 6.07) is 15.5. The van der Waals surface area contributed by atoms with Gasteiger partial charge in [-0.3, -0.25) is 0 Å². The monoisotopic (exact) mass is 334 g/mol. The Kier molecular flexibility index (Phi) is 6.04. The number of aryl methyl sites for hydroxylation is 1. The summed E-state index contributed by atoms with van der Waals surface area (Å²) in [5.41, 5.74) is 1.90. The van der Waals surface area contributed by atoms with E-state index in [2.05, 4.69) is 10.6 Å². The van der Waals surface area contributed by atoms with Gasteiger partial charge in [0.05, 0.1) is 6.04 Å². The van der Waals surface area contributed by atoms with Gasteiger partial charge in [-0.2, -0.15) is 0 Å². The fraction of sp³-hybridized carbons (Fsp3) is 0.235. The molecule has 2 aromatic rings. The summed E-state index contributed by atoms with van der Waals surface area (Å²) >= 11 is 11.4. The fourth-order valence-electron chi connectivity index (χ4n) is 1.84. The molecule has 0 unspecified atom stereocenters. The lowest BCUT2D eigenvalue weighted by Crippen LogP contribution is -2.39. The van der Waals surface area contributed by atoms with Crippen molar-refractivity contribution >= 4 is 34.6 Å². The predicted octanol–water partition coefficient (Wildman–Crippen LogP) is 4.40. The average Bonchev–Trinajstić information content (AvgIpc) is 2.50. The van der Waals surface area contributed by atoms with Crippen LogP contribution in [0.25, 0.3) is 0 Å². The minimum absolute atomic E-state index is 0.0844. The first kappa shape index (κ1) is 16.6. The van der Waals surface area contributed by atoms with Crippen LogP contribution in [-0.4, -0.2) is 17.8 Å². The molecule has 0 fully saturated rings.